The number of nitrogens with zero attached hydrogens (tertiary/aromatic N) is 4. The second-order valence-corrected chi connectivity index (χ2v) is 10.3. The third-order valence-corrected chi connectivity index (χ3v) is 6.69. The molecule has 0 spiro atoms. The minimum Gasteiger partial charge on any atom is -0.330 e. The zero-order valence-electron chi connectivity index (χ0n) is 20.1. The fourth-order valence-corrected chi connectivity index (χ4v) is 4.46. The molecule has 1 aromatic rings. The minimum atomic E-state index is -4.39. The number of hydrogen-bond donors (Lipinski definition) is 2. The molecule has 1 aliphatic carbocycles. The SMILES string of the molecule is CC(C)SNC1=CCC(C2CCN(CC(C=NCc3ccc(C(F)(F)F)cn3)=NN)CC2)=CC=C1. The number of hydrazone groups is 1. The summed E-state index contributed by atoms with van der Waals surface area (Å²) in [6.45, 7) is 6.97. The van der Waals surface area contributed by atoms with E-state index in [4.69, 9.17) is 5.84 Å². The van der Waals surface area contributed by atoms with Crippen LogP contribution in [0.15, 0.2) is 64.0 Å². The highest BCUT2D eigenvalue weighted by atomic mass is 32.2. The van der Waals surface area contributed by atoms with Crippen LogP contribution in [0.1, 0.15) is 44.4 Å². The van der Waals surface area contributed by atoms with E-state index >= 15 is 0 Å². The average Bonchev–Trinajstić information content (AvgIpc) is 3.08. The molecule has 3 N–H and O–H groups in total. The summed E-state index contributed by atoms with van der Waals surface area (Å²) >= 11 is 1.72. The van der Waals surface area contributed by atoms with Crippen molar-refractivity contribution in [1.29, 1.82) is 0 Å². The Morgan fingerprint density at radius 1 is 1.31 bits per heavy atom. The summed E-state index contributed by atoms with van der Waals surface area (Å²) in [7, 11) is 0. The summed E-state index contributed by atoms with van der Waals surface area (Å²) in [5.74, 6) is 6.11. The van der Waals surface area contributed by atoms with Gasteiger partial charge < -0.3 is 10.6 Å². The van der Waals surface area contributed by atoms with Crippen LogP contribution in [0.2, 0.25) is 0 Å². The van der Waals surface area contributed by atoms with Gasteiger partial charge in [-0.3, -0.25) is 14.9 Å². The molecular weight excluding hydrogens is 473 g/mol. The van der Waals surface area contributed by atoms with Gasteiger partial charge in [-0.2, -0.15) is 18.3 Å². The highest BCUT2D eigenvalue weighted by Gasteiger charge is 2.30. The Bertz CT molecular complexity index is 972. The zero-order valence-corrected chi connectivity index (χ0v) is 20.9. The zero-order chi connectivity index (χ0) is 25.3. The van der Waals surface area contributed by atoms with Crippen molar-refractivity contribution in [3.63, 3.8) is 0 Å². The number of nitrogens with one attached hydrogen (secondary N) is 1. The molecule has 0 radical (unpaired) electrons. The molecule has 2 heterocycles. The Labute approximate surface area is 209 Å². The molecule has 1 aliphatic heterocycles. The van der Waals surface area contributed by atoms with Crippen molar-refractivity contribution >= 4 is 23.9 Å². The molecule has 0 unspecified atom stereocenters. The Balaban J connectivity index is 1.44. The van der Waals surface area contributed by atoms with Crippen molar-refractivity contribution in [3.8, 4) is 0 Å². The summed E-state index contributed by atoms with van der Waals surface area (Å²) in [5, 5.41) is 4.36. The van der Waals surface area contributed by atoms with E-state index in [1.54, 1.807) is 18.2 Å². The predicted molar refractivity (Wildman–Crippen MR) is 138 cm³/mol. The van der Waals surface area contributed by atoms with Gasteiger partial charge in [0, 0.05) is 29.9 Å². The molecule has 0 amide bonds. The van der Waals surface area contributed by atoms with Crippen LogP contribution in [0.4, 0.5) is 13.2 Å². The molecule has 3 rings (SSSR count). The highest BCUT2D eigenvalue weighted by molar-refractivity contribution is 7.98. The van der Waals surface area contributed by atoms with Crippen molar-refractivity contribution in [3.05, 3.63) is 65.2 Å². The van der Waals surface area contributed by atoms with Crippen LogP contribution < -0.4 is 10.6 Å². The lowest BCUT2D eigenvalue weighted by Gasteiger charge is -2.32. The molecule has 10 heteroatoms. The number of alkyl halides is 3. The normalized spacial score (nSPS) is 18.6. The molecule has 0 saturated carbocycles. The van der Waals surface area contributed by atoms with Crippen LogP contribution in [0.25, 0.3) is 0 Å². The van der Waals surface area contributed by atoms with Gasteiger partial charge in [0.25, 0.3) is 0 Å². The van der Waals surface area contributed by atoms with E-state index in [1.165, 1.54) is 11.6 Å². The maximum absolute atomic E-state index is 12.6. The van der Waals surface area contributed by atoms with Gasteiger partial charge in [0.15, 0.2) is 0 Å². The first kappa shape index (κ1) is 27.0. The fraction of sp³-hybridized carbons (Fsp3) is 0.480. The topological polar surface area (TPSA) is 78.9 Å². The number of likely N-dealkylation sites (tertiary alicyclic amines) is 1. The number of halogens is 3. The highest BCUT2D eigenvalue weighted by Crippen LogP contribution is 2.29. The Morgan fingerprint density at radius 3 is 2.71 bits per heavy atom. The Hall–Kier alpha value is -2.59. The van der Waals surface area contributed by atoms with Gasteiger partial charge in [-0.05, 0) is 68.4 Å². The third-order valence-electron chi connectivity index (χ3n) is 5.87. The summed E-state index contributed by atoms with van der Waals surface area (Å²) < 4.78 is 41.4. The maximum atomic E-state index is 12.6. The van der Waals surface area contributed by atoms with Crippen LogP contribution in [0.3, 0.4) is 0 Å². The van der Waals surface area contributed by atoms with Gasteiger partial charge in [-0.15, -0.1) is 0 Å². The number of aliphatic imine (C=N–C) groups is 1. The van der Waals surface area contributed by atoms with Gasteiger partial charge in [-0.25, -0.2) is 0 Å². The van der Waals surface area contributed by atoms with Crippen molar-refractivity contribution in [1.82, 2.24) is 14.6 Å². The first-order valence-electron chi connectivity index (χ1n) is 11.7. The van der Waals surface area contributed by atoms with Crippen molar-refractivity contribution in [2.24, 2.45) is 21.9 Å². The summed E-state index contributed by atoms with van der Waals surface area (Å²) in [4.78, 5) is 10.4. The molecule has 6 nitrogen and oxygen atoms in total. The number of aromatic nitrogens is 1. The van der Waals surface area contributed by atoms with E-state index in [-0.39, 0.29) is 6.54 Å². The second-order valence-electron chi connectivity index (χ2n) is 8.91. The predicted octanol–water partition coefficient (Wildman–Crippen LogP) is 5.11. The van der Waals surface area contributed by atoms with E-state index in [2.05, 4.69) is 62.9 Å². The van der Waals surface area contributed by atoms with Crippen molar-refractivity contribution in [2.45, 2.75) is 51.1 Å². The molecule has 2 aliphatic rings. The summed E-state index contributed by atoms with van der Waals surface area (Å²) in [6, 6.07) is 2.34. The van der Waals surface area contributed by atoms with Gasteiger partial charge in [0.05, 0.1) is 23.5 Å². The quantitative estimate of drug-likeness (QED) is 0.211. The smallest absolute Gasteiger partial charge is 0.330 e. The van der Waals surface area contributed by atoms with E-state index < -0.39 is 11.7 Å². The summed E-state index contributed by atoms with van der Waals surface area (Å²) in [5.41, 5.74) is 2.93. The van der Waals surface area contributed by atoms with Gasteiger partial charge in [0.2, 0.25) is 0 Å². The number of hydrogen-bond acceptors (Lipinski definition) is 7. The molecule has 0 aromatic carbocycles. The minimum absolute atomic E-state index is 0.168. The first-order chi connectivity index (χ1) is 16.7. The van der Waals surface area contributed by atoms with Crippen LogP contribution in [0, 0.1) is 5.92 Å². The maximum Gasteiger partial charge on any atom is 0.417 e. The van der Waals surface area contributed by atoms with E-state index in [0.29, 0.717) is 29.1 Å². The molecule has 35 heavy (non-hydrogen) atoms. The Kier molecular flexibility index (Phi) is 9.97. The number of allylic oxidation sites excluding steroid dienone is 5. The molecule has 190 valence electrons. The first-order valence-corrected chi connectivity index (χ1v) is 12.6. The largest absolute Gasteiger partial charge is 0.417 e. The van der Waals surface area contributed by atoms with Crippen LogP contribution >= 0.6 is 11.9 Å². The Morgan fingerprint density at radius 2 is 2.09 bits per heavy atom. The third kappa shape index (κ3) is 8.85. The van der Waals surface area contributed by atoms with Gasteiger partial charge in [-0.1, -0.05) is 37.6 Å². The average molecular weight is 507 g/mol. The standard InChI is InChI=1S/C25H33F3N6S/c1-18(2)35-33-22-5-3-4-19(6-8-22)20-10-12-34(13-11-20)17-24(32-29)16-30-15-23-9-7-21(14-31-23)25(26,27)28/h3-5,7-9,14,16,18,20,33H,6,10-13,15,17,29H2,1-2H3. The van der Waals surface area contributed by atoms with Crippen molar-refractivity contribution in [2.75, 3.05) is 19.6 Å². The molecule has 1 fully saturated rings. The fourth-order valence-electron chi connectivity index (χ4n) is 3.94. The van der Waals surface area contributed by atoms with Crippen molar-refractivity contribution < 1.29 is 13.2 Å². The molecule has 0 bridgehead atoms. The lowest BCUT2D eigenvalue weighted by atomic mass is 9.87. The molecule has 1 aromatic heterocycles. The lowest BCUT2D eigenvalue weighted by molar-refractivity contribution is -0.137. The summed E-state index contributed by atoms with van der Waals surface area (Å²) in [6.07, 6.45) is 9.88. The van der Waals surface area contributed by atoms with E-state index in [0.717, 1.165) is 50.3 Å². The van der Waals surface area contributed by atoms with Gasteiger partial charge >= 0.3 is 6.18 Å². The number of rotatable bonds is 9. The molecule has 1 saturated heterocycles. The molecular formula is C25H33F3N6S. The van der Waals surface area contributed by atoms with Crippen LogP contribution in [0.5, 0.6) is 0 Å². The van der Waals surface area contributed by atoms with E-state index in [9.17, 15) is 13.2 Å². The second kappa shape index (κ2) is 12.9. The molecule has 0 atom stereocenters. The lowest BCUT2D eigenvalue weighted by Crippen LogP contribution is -2.38. The van der Waals surface area contributed by atoms with Gasteiger partial charge in [0.1, 0.15) is 0 Å². The number of nitrogens with two attached hydrogens (primary N) is 1. The van der Waals surface area contributed by atoms with E-state index in [1.807, 2.05) is 0 Å². The number of piperidine rings is 1. The van der Waals surface area contributed by atoms with Crippen LogP contribution in [-0.2, 0) is 12.7 Å². The monoisotopic (exact) mass is 506 g/mol. The van der Waals surface area contributed by atoms with Crippen LogP contribution in [-0.4, -0.2) is 46.7 Å². The number of pyridine rings is 1.